The molecule has 0 radical (unpaired) electrons. The van der Waals surface area contributed by atoms with Crippen molar-refractivity contribution in [2.75, 3.05) is 0 Å². The van der Waals surface area contributed by atoms with E-state index in [2.05, 4.69) is 4.98 Å². The number of hydrogen-bond acceptors (Lipinski definition) is 3. The zero-order valence-electron chi connectivity index (χ0n) is 12.4. The zero-order chi connectivity index (χ0) is 15.8. The van der Waals surface area contributed by atoms with Gasteiger partial charge in [0.05, 0.1) is 16.6 Å². The number of imidazole rings is 1. The average molecular weight is 289 g/mol. The van der Waals surface area contributed by atoms with Crippen LogP contribution in [-0.4, -0.2) is 26.5 Å². The van der Waals surface area contributed by atoms with Crippen LogP contribution in [0.4, 0.5) is 0 Å². The number of fused-ring (bicyclic) bond motifs is 1. The molecule has 2 rings (SSSR count). The van der Waals surface area contributed by atoms with Crippen LogP contribution in [0.2, 0.25) is 0 Å². The van der Waals surface area contributed by atoms with Crippen molar-refractivity contribution in [1.29, 1.82) is 0 Å². The molecule has 0 spiro atoms. The summed E-state index contributed by atoms with van der Waals surface area (Å²) in [4.78, 5) is 26.8. The molecule has 1 aromatic carbocycles. The Hall–Kier alpha value is -2.37. The Kier molecular flexibility index (Phi) is 3.72. The summed E-state index contributed by atoms with van der Waals surface area (Å²) in [5.74, 6) is -0.564. The third-order valence-corrected chi connectivity index (χ3v) is 3.50. The van der Waals surface area contributed by atoms with Crippen molar-refractivity contribution in [3.63, 3.8) is 0 Å². The molecule has 3 N–H and O–H groups in total. The van der Waals surface area contributed by atoms with E-state index < -0.39 is 11.5 Å². The normalized spacial score (nSPS) is 11.8. The Morgan fingerprint density at radius 3 is 2.57 bits per heavy atom. The van der Waals surface area contributed by atoms with Crippen molar-refractivity contribution < 1.29 is 14.7 Å². The van der Waals surface area contributed by atoms with Gasteiger partial charge >= 0.3 is 5.97 Å². The van der Waals surface area contributed by atoms with Gasteiger partial charge in [0.2, 0.25) is 5.91 Å². The van der Waals surface area contributed by atoms with Crippen LogP contribution in [0.1, 0.15) is 43.4 Å². The summed E-state index contributed by atoms with van der Waals surface area (Å²) in [5, 5.41) is 9.06. The third-order valence-electron chi connectivity index (χ3n) is 3.50. The fourth-order valence-electron chi connectivity index (χ4n) is 2.68. The molecule has 6 nitrogen and oxygen atoms in total. The molecular weight excluding hydrogens is 270 g/mol. The highest BCUT2D eigenvalue weighted by Crippen LogP contribution is 2.29. The van der Waals surface area contributed by atoms with E-state index in [0.717, 1.165) is 11.3 Å². The predicted molar refractivity (Wildman–Crippen MR) is 79.2 cm³/mol. The minimum absolute atomic E-state index is 0.187. The van der Waals surface area contributed by atoms with Crippen LogP contribution in [0.3, 0.4) is 0 Å². The Morgan fingerprint density at radius 2 is 2.05 bits per heavy atom. The number of primary amides is 1. The first-order valence-corrected chi connectivity index (χ1v) is 6.79. The summed E-state index contributed by atoms with van der Waals surface area (Å²) in [7, 11) is 0. The highest BCUT2D eigenvalue weighted by molar-refractivity contribution is 5.92. The molecule has 0 fully saturated rings. The lowest BCUT2D eigenvalue weighted by Gasteiger charge is -2.28. The first kappa shape index (κ1) is 15.0. The number of rotatable bonds is 5. The minimum atomic E-state index is -0.985. The molecular formula is C15H19N3O3. The van der Waals surface area contributed by atoms with E-state index >= 15 is 0 Å². The molecule has 0 unspecified atom stereocenters. The Balaban J connectivity index is 2.67. The fraction of sp³-hybridized carbons (Fsp3) is 0.400. The number of carbonyl (C=O) groups excluding carboxylic acids is 1. The van der Waals surface area contributed by atoms with Gasteiger partial charge in [-0.05, 0) is 32.0 Å². The Labute approximate surface area is 122 Å². The molecule has 0 atom stereocenters. The van der Waals surface area contributed by atoms with Crippen LogP contribution in [-0.2, 0) is 16.8 Å². The number of amides is 1. The maximum Gasteiger partial charge on any atom is 0.335 e. The zero-order valence-corrected chi connectivity index (χ0v) is 12.4. The second kappa shape index (κ2) is 5.20. The molecule has 0 saturated carbocycles. The second-order valence-electron chi connectivity index (χ2n) is 5.68. The van der Waals surface area contributed by atoms with Crippen LogP contribution in [0, 0.1) is 0 Å². The molecule has 0 saturated heterocycles. The second-order valence-corrected chi connectivity index (χ2v) is 5.68. The lowest BCUT2D eigenvalue weighted by atomic mass is 9.99. The van der Waals surface area contributed by atoms with Gasteiger partial charge in [0.25, 0.3) is 0 Å². The quantitative estimate of drug-likeness (QED) is 0.878. The summed E-state index contributed by atoms with van der Waals surface area (Å²) in [5.41, 5.74) is 6.44. The first-order valence-electron chi connectivity index (χ1n) is 6.79. The van der Waals surface area contributed by atoms with Gasteiger partial charge in [0.1, 0.15) is 5.82 Å². The largest absolute Gasteiger partial charge is 0.478 e. The standard InChI is InChI=1S/C15H19N3O3/c1-4-13-17-10-7-9(14(20)21)5-6-11(10)18(13)15(2,3)8-12(16)19/h5-7H,4,8H2,1-3H3,(H2,16,19)(H,20,21). The van der Waals surface area contributed by atoms with Crippen LogP contribution in [0.15, 0.2) is 18.2 Å². The van der Waals surface area contributed by atoms with Gasteiger partial charge in [0, 0.05) is 18.4 Å². The lowest BCUT2D eigenvalue weighted by Crippen LogP contribution is -2.33. The van der Waals surface area contributed by atoms with Gasteiger partial charge in [-0.15, -0.1) is 0 Å². The van der Waals surface area contributed by atoms with E-state index in [0.29, 0.717) is 11.9 Å². The molecule has 0 aliphatic rings. The maximum atomic E-state index is 11.3. The van der Waals surface area contributed by atoms with Gasteiger partial charge in [-0.3, -0.25) is 4.79 Å². The van der Waals surface area contributed by atoms with E-state index in [-0.39, 0.29) is 17.9 Å². The number of hydrogen-bond donors (Lipinski definition) is 2. The minimum Gasteiger partial charge on any atom is -0.478 e. The van der Waals surface area contributed by atoms with Crippen molar-refractivity contribution >= 4 is 22.9 Å². The van der Waals surface area contributed by atoms with Gasteiger partial charge in [-0.1, -0.05) is 6.92 Å². The number of carbonyl (C=O) groups is 2. The van der Waals surface area contributed by atoms with Crippen LogP contribution in [0.25, 0.3) is 11.0 Å². The fourth-order valence-corrected chi connectivity index (χ4v) is 2.68. The molecule has 1 amide bonds. The van der Waals surface area contributed by atoms with Crippen molar-refractivity contribution in [1.82, 2.24) is 9.55 Å². The van der Waals surface area contributed by atoms with E-state index in [1.165, 1.54) is 0 Å². The number of aryl methyl sites for hydroxylation is 1. The number of benzene rings is 1. The monoisotopic (exact) mass is 289 g/mol. The van der Waals surface area contributed by atoms with E-state index in [9.17, 15) is 9.59 Å². The number of carboxylic acid groups (broad SMARTS) is 1. The Bertz CT molecular complexity index is 716. The summed E-state index contributed by atoms with van der Waals surface area (Å²) >= 11 is 0. The molecule has 2 aromatic rings. The van der Waals surface area contributed by atoms with E-state index in [1.54, 1.807) is 18.2 Å². The molecule has 1 heterocycles. The summed E-state index contributed by atoms with van der Waals surface area (Å²) < 4.78 is 1.97. The molecule has 1 aromatic heterocycles. The van der Waals surface area contributed by atoms with Gasteiger partial charge in [0.15, 0.2) is 0 Å². The SMILES string of the molecule is CCc1nc2cc(C(=O)O)ccc2n1C(C)(C)CC(N)=O. The topological polar surface area (TPSA) is 98.2 Å². The molecule has 6 heteroatoms. The lowest BCUT2D eigenvalue weighted by molar-refractivity contribution is -0.119. The number of aromatic nitrogens is 2. The predicted octanol–water partition coefficient (Wildman–Crippen LogP) is 1.91. The highest BCUT2D eigenvalue weighted by Gasteiger charge is 2.27. The van der Waals surface area contributed by atoms with Crippen molar-refractivity contribution in [2.24, 2.45) is 5.73 Å². The maximum absolute atomic E-state index is 11.3. The van der Waals surface area contributed by atoms with Crippen LogP contribution < -0.4 is 5.73 Å². The summed E-state index contributed by atoms with van der Waals surface area (Å²) in [6.45, 7) is 5.81. The summed E-state index contributed by atoms with van der Waals surface area (Å²) in [6, 6.07) is 4.82. The molecule has 21 heavy (non-hydrogen) atoms. The van der Waals surface area contributed by atoms with Crippen LogP contribution in [0.5, 0.6) is 0 Å². The smallest absolute Gasteiger partial charge is 0.335 e. The van der Waals surface area contributed by atoms with E-state index in [4.69, 9.17) is 10.8 Å². The first-order chi connectivity index (χ1) is 9.76. The van der Waals surface area contributed by atoms with Crippen molar-refractivity contribution in [3.8, 4) is 0 Å². The van der Waals surface area contributed by atoms with Gasteiger partial charge < -0.3 is 15.4 Å². The van der Waals surface area contributed by atoms with E-state index in [1.807, 2.05) is 25.3 Å². The molecule has 0 aliphatic heterocycles. The molecule has 112 valence electrons. The summed E-state index contributed by atoms with van der Waals surface area (Å²) in [6.07, 6.45) is 0.866. The number of aromatic carboxylic acids is 1. The van der Waals surface area contributed by atoms with Crippen molar-refractivity contribution in [3.05, 3.63) is 29.6 Å². The highest BCUT2D eigenvalue weighted by atomic mass is 16.4. The number of nitrogens with zero attached hydrogens (tertiary/aromatic N) is 2. The Morgan fingerprint density at radius 1 is 1.38 bits per heavy atom. The number of nitrogens with two attached hydrogens (primary N) is 1. The van der Waals surface area contributed by atoms with Gasteiger partial charge in [-0.25, -0.2) is 9.78 Å². The molecule has 0 aliphatic carbocycles. The van der Waals surface area contributed by atoms with Crippen LogP contribution >= 0.6 is 0 Å². The van der Waals surface area contributed by atoms with Gasteiger partial charge in [-0.2, -0.15) is 0 Å². The average Bonchev–Trinajstić information content (AvgIpc) is 2.74. The number of carboxylic acids is 1. The van der Waals surface area contributed by atoms with Crippen molar-refractivity contribution in [2.45, 2.75) is 39.2 Å². The molecule has 0 bridgehead atoms. The third kappa shape index (κ3) is 2.74.